The Bertz CT molecular complexity index is 524. The molecule has 0 saturated heterocycles. The lowest BCUT2D eigenvalue weighted by molar-refractivity contribution is -0.121. The van der Waals surface area contributed by atoms with Crippen LogP contribution in [0.4, 0.5) is 4.79 Å². The summed E-state index contributed by atoms with van der Waals surface area (Å²) in [6, 6.07) is 4.14. The van der Waals surface area contributed by atoms with Crippen molar-refractivity contribution in [1.29, 1.82) is 0 Å². The number of thiophene rings is 1. The van der Waals surface area contributed by atoms with Gasteiger partial charge in [-0.1, -0.05) is 31.4 Å². The molecule has 2 N–H and O–H groups in total. The topological polar surface area (TPSA) is 61.4 Å². The molecule has 1 aromatic rings. The van der Waals surface area contributed by atoms with E-state index in [1.54, 1.807) is 22.3 Å². The molecule has 1 aliphatic carbocycles. The van der Waals surface area contributed by atoms with Crippen LogP contribution < -0.4 is 10.6 Å². The average Bonchev–Trinajstić information content (AvgIpc) is 3.08. The number of nitrogens with zero attached hydrogens (tertiary/aromatic N) is 1. The molecule has 132 valence electrons. The zero-order valence-electron chi connectivity index (χ0n) is 14.1. The van der Waals surface area contributed by atoms with Gasteiger partial charge in [0.25, 0.3) is 0 Å². The standard InChI is InChI=1S/C18H27N3O2S/c1-2-12-21(14-16-9-6-13-24-16)18(23)19-11-10-17(22)20-15-7-4-3-5-8-15/h2,6,9,13,15H,1,3-5,7-8,10-12,14H2,(H,19,23)(H,20,22). The monoisotopic (exact) mass is 349 g/mol. The molecule has 0 radical (unpaired) electrons. The smallest absolute Gasteiger partial charge is 0.318 e. The van der Waals surface area contributed by atoms with Crippen molar-refractivity contribution in [1.82, 2.24) is 15.5 Å². The Morgan fingerprint density at radius 1 is 1.33 bits per heavy atom. The second-order valence-corrected chi connectivity index (χ2v) is 7.17. The number of hydrogen-bond acceptors (Lipinski definition) is 3. The summed E-state index contributed by atoms with van der Waals surface area (Å²) in [5.74, 6) is 0.0238. The Kier molecular flexibility index (Phi) is 7.82. The summed E-state index contributed by atoms with van der Waals surface area (Å²) in [6.07, 6.45) is 7.85. The molecule has 5 nitrogen and oxygen atoms in total. The quantitative estimate of drug-likeness (QED) is 0.708. The number of urea groups is 1. The lowest BCUT2D eigenvalue weighted by Crippen LogP contribution is -2.42. The van der Waals surface area contributed by atoms with Gasteiger partial charge in [-0.3, -0.25) is 4.79 Å². The van der Waals surface area contributed by atoms with E-state index in [4.69, 9.17) is 0 Å². The van der Waals surface area contributed by atoms with Crippen molar-refractivity contribution in [2.45, 2.75) is 51.1 Å². The van der Waals surface area contributed by atoms with Crippen LogP contribution in [0.3, 0.4) is 0 Å². The van der Waals surface area contributed by atoms with Gasteiger partial charge < -0.3 is 15.5 Å². The molecule has 1 saturated carbocycles. The number of amides is 3. The van der Waals surface area contributed by atoms with Crippen molar-refractivity contribution in [3.63, 3.8) is 0 Å². The molecular formula is C18H27N3O2S. The fourth-order valence-electron chi connectivity index (χ4n) is 2.91. The number of carbonyl (C=O) groups excluding carboxylic acids is 2. The number of rotatable bonds is 8. The van der Waals surface area contributed by atoms with Crippen molar-refractivity contribution in [2.75, 3.05) is 13.1 Å². The molecule has 1 aromatic heterocycles. The minimum atomic E-state index is -0.159. The molecule has 0 aromatic carbocycles. The SMILES string of the molecule is C=CCN(Cc1cccs1)C(=O)NCCC(=O)NC1CCCCC1. The average molecular weight is 350 g/mol. The maximum absolute atomic E-state index is 12.3. The number of carbonyl (C=O) groups is 2. The molecule has 6 heteroatoms. The molecule has 0 bridgehead atoms. The van der Waals surface area contributed by atoms with E-state index in [0.29, 0.717) is 32.1 Å². The summed E-state index contributed by atoms with van der Waals surface area (Å²) in [7, 11) is 0. The second-order valence-electron chi connectivity index (χ2n) is 6.13. The van der Waals surface area contributed by atoms with Crippen LogP contribution in [0.5, 0.6) is 0 Å². The molecule has 0 spiro atoms. The van der Waals surface area contributed by atoms with Crippen molar-refractivity contribution >= 4 is 23.3 Å². The summed E-state index contributed by atoms with van der Waals surface area (Å²) in [4.78, 5) is 27.0. The fourth-order valence-corrected chi connectivity index (χ4v) is 3.63. The summed E-state index contributed by atoms with van der Waals surface area (Å²) < 4.78 is 0. The third-order valence-corrected chi connectivity index (χ3v) is 5.02. The van der Waals surface area contributed by atoms with Crippen molar-refractivity contribution in [3.8, 4) is 0 Å². The maximum atomic E-state index is 12.3. The van der Waals surface area contributed by atoms with E-state index in [-0.39, 0.29) is 11.9 Å². The molecule has 0 unspecified atom stereocenters. The minimum absolute atomic E-state index is 0.0238. The van der Waals surface area contributed by atoms with Gasteiger partial charge in [-0.15, -0.1) is 17.9 Å². The Balaban J connectivity index is 1.69. The summed E-state index contributed by atoms with van der Waals surface area (Å²) in [5, 5.41) is 7.89. The first-order valence-electron chi connectivity index (χ1n) is 8.64. The molecule has 24 heavy (non-hydrogen) atoms. The third-order valence-electron chi connectivity index (χ3n) is 4.16. The van der Waals surface area contributed by atoms with E-state index >= 15 is 0 Å². The van der Waals surface area contributed by atoms with E-state index in [1.165, 1.54) is 19.3 Å². The highest BCUT2D eigenvalue weighted by Crippen LogP contribution is 2.17. The van der Waals surface area contributed by atoms with Crippen LogP contribution in [0.15, 0.2) is 30.2 Å². The normalized spacial score (nSPS) is 14.8. The van der Waals surface area contributed by atoms with Crippen LogP contribution in [0, 0.1) is 0 Å². The van der Waals surface area contributed by atoms with Gasteiger partial charge >= 0.3 is 6.03 Å². The Labute approximate surface area is 148 Å². The van der Waals surface area contributed by atoms with Gasteiger partial charge in [0.2, 0.25) is 5.91 Å². The van der Waals surface area contributed by atoms with Crippen molar-refractivity contribution in [3.05, 3.63) is 35.0 Å². The predicted molar refractivity (Wildman–Crippen MR) is 98.0 cm³/mol. The van der Waals surface area contributed by atoms with E-state index < -0.39 is 0 Å². The number of hydrogen-bond donors (Lipinski definition) is 2. The van der Waals surface area contributed by atoms with Gasteiger partial charge in [0.1, 0.15) is 0 Å². The van der Waals surface area contributed by atoms with Gasteiger partial charge in [-0.05, 0) is 24.3 Å². The fraction of sp³-hybridized carbons (Fsp3) is 0.556. The van der Waals surface area contributed by atoms with Crippen LogP contribution in [0.25, 0.3) is 0 Å². The summed E-state index contributed by atoms with van der Waals surface area (Å²) >= 11 is 1.62. The van der Waals surface area contributed by atoms with Gasteiger partial charge in [-0.2, -0.15) is 0 Å². The molecule has 0 aliphatic heterocycles. The molecule has 2 rings (SSSR count). The highest BCUT2D eigenvalue weighted by molar-refractivity contribution is 7.09. The van der Waals surface area contributed by atoms with E-state index in [9.17, 15) is 9.59 Å². The Hall–Kier alpha value is -1.82. The molecular weight excluding hydrogens is 322 g/mol. The molecule has 1 aliphatic rings. The highest BCUT2D eigenvalue weighted by Gasteiger charge is 2.16. The van der Waals surface area contributed by atoms with E-state index in [1.807, 2.05) is 17.5 Å². The summed E-state index contributed by atoms with van der Waals surface area (Å²) in [6.45, 7) is 5.10. The summed E-state index contributed by atoms with van der Waals surface area (Å²) in [5.41, 5.74) is 0. The predicted octanol–water partition coefficient (Wildman–Crippen LogP) is 3.28. The lowest BCUT2D eigenvalue weighted by atomic mass is 9.95. The second kappa shape index (κ2) is 10.1. The van der Waals surface area contributed by atoms with Gasteiger partial charge in [0, 0.05) is 30.4 Å². The Morgan fingerprint density at radius 2 is 2.12 bits per heavy atom. The molecule has 3 amide bonds. The van der Waals surface area contributed by atoms with Gasteiger partial charge in [0.05, 0.1) is 6.54 Å². The first-order chi connectivity index (χ1) is 11.7. The molecule has 0 atom stereocenters. The Morgan fingerprint density at radius 3 is 2.79 bits per heavy atom. The maximum Gasteiger partial charge on any atom is 0.318 e. The van der Waals surface area contributed by atoms with Crippen LogP contribution >= 0.6 is 11.3 Å². The zero-order chi connectivity index (χ0) is 17.2. The highest BCUT2D eigenvalue weighted by atomic mass is 32.1. The van der Waals surface area contributed by atoms with Crippen LogP contribution in [0.2, 0.25) is 0 Å². The van der Waals surface area contributed by atoms with Crippen LogP contribution in [-0.4, -0.2) is 36.0 Å². The van der Waals surface area contributed by atoms with Crippen LogP contribution in [-0.2, 0) is 11.3 Å². The first-order valence-corrected chi connectivity index (χ1v) is 9.52. The van der Waals surface area contributed by atoms with Gasteiger partial charge in [0.15, 0.2) is 0 Å². The molecule has 1 fully saturated rings. The number of nitrogens with one attached hydrogen (secondary N) is 2. The van der Waals surface area contributed by atoms with E-state index in [2.05, 4.69) is 17.2 Å². The van der Waals surface area contributed by atoms with Gasteiger partial charge in [-0.25, -0.2) is 4.79 Å². The largest absolute Gasteiger partial charge is 0.353 e. The zero-order valence-corrected chi connectivity index (χ0v) is 14.9. The molecule has 1 heterocycles. The van der Waals surface area contributed by atoms with E-state index in [0.717, 1.165) is 17.7 Å². The van der Waals surface area contributed by atoms with Crippen LogP contribution in [0.1, 0.15) is 43.4 Å². The minimum Gasteiger partial charge on any atom is -0.353 e. The van der Waals surface area contributed by atoms with Crippen molar-refractivity contribution in [2.24, 2.45) is 0 Å². The lowest BCUT2D eigenvalue weighted by Gasteiger charge is -2.23. The van der Waals surface area contributed by atoms with Crippen molar-refractivity contribution < 1.29 is 9.59 Å². The first kappa shape index (κ1) is 18.5. The third kappa shape index (κ3) is 6.35.